The summed E-state index contributed by atoms with van der Waals surface area (Å²) in [5.41, 5.74) is 1.23. The van der Waals surface area contributed by atoms with Gasteiger partial charge in [0.2, 0.25) is 0 Å². The average molecular weight is 328 g/mol. The number of carbonyl (C=O) groups is 1. The summed E-state index contributed by atoms with van der Waals surface area (Å²) in [5, 5.41) is 18.3. The van der Waals surface area contributed by atoms with Crippen LogP contribution < -0.4 is 4.74 Å². The molecule has 0 saturated heterocycles. The third-order valence-corrected chi connectivity index (χ3v) is 3.35. The Bertz CT molecular complexity index is 764. The summed E-state index contributed by atoms with van der Waals surface area (Å²) in [6.45, 7) is 0.432. The zero-order valence-electron chi connectivity index (χ0n) is 12.2. The molecule has 0 atom stereocenters. The van der Waals surface area contributed by atoms with E-state index < -0.39 is 5.97 Å². The van der Waals surface area contributed by atoms with Crippen LogP contribution in [0.3, 0.4) is 0 Å². The first kappa shape index (κ1) is 16.6. The molecule has 2 aromatic carbocycles. The second-order valence-electron chi connectivity index (χ2n) is 4.74. The fourth-order valence-corrected chi connectivity index (χ4v) is 2.16. The minimum Gasteiger partial charge on any atom is -0.493 e. The Balaban J connectivity index is 2.16. The predicted octanol–water partition coefficient (Wildman–Crippen LogP) is 3.95. The summed E-state index contributed by atoms with van der Waals surface area (Å²) >= 11 is 5.94. The molecule has 116 valence electrons. The number of carboxylic acids is 1. The van der Waals surface area contributed by atoms with E-state index in [-0.39, 0.29) is 5.57 Å². The second-order valence-corrected chi connectivity index (χ2v) is 5.18. The lowest BCUT2D eigenvalue weighted by molar-refractivity contribution is -0.132. The number of hydrogen-bond donors (Lipinski definition) is 1. The number of rotatable bonds is 6. The Morgan fingerprint density at radius 2 is 2.00 bits per heavy atom. The maximum atomic E-state index is 11.0. The standard InChI is InChI=1S/C18H14ClNO3/c19-16-6-7-17(14(11-16)10-15(12-20)18(21)22)23-9-8-13-4-2-1-3-5-13/h1-7,10-11H,8-9H2,(H,21,22). The van der Waals surface area contributed by atoms with Crippen LogP contribution in [0.2, 0.25) is 5.02 Å². The summed E-state index contributed by atoms with van der Waals surface area (Å²) in [7, 11) is 0. The van der Waals surface area contributed by atoms with Gasteiger partial charge in [0, 0.05) is 17.0 Å². The van der Waals surface area contributed by atoms with E-state index in [1.165, 1.54) is 6.08 Å². The SMILES string of the molecule is N#CC(=Cc1cc(Cl)ccc1OCCc1ccccc1)C(=O)O. The van der Waals surface area contributed by atoms with Gasteiger partial charge in [0.25, 0.3) is 0 Å². The van der Waals surface area contributed by atoms with Crippen molar-refractivity contribution in [1.29, 1.82) is 5.26 Å². The molecule has 0 bridgehead atoms. The highest BCUT2D eigenvalue weighted by atomic mass is 35.5. The molecule has 0 saturated carbocycles. The summed E-state index contributed by atoms with van der Waals surface area (Å²) in [5.74, 6) is -0.804. The van der Waals surface area contributed by atoms with E-state index >= 15 is 0 Å². The topological polar surface area (TPSA) is 70.3 Å². The maximum absolute atomic E-state index is 11.0. The molecule has 4 nitrogen and oxygen atoms in total. The molecule has 0 amide bonds. The van der Waals surface area contributed by atoms with Gasteiger partial charge in [-0.2, -0.15) is 5.26 Å². The molecule has 5 heteroatoms. The van der Waals surface area contributed by atoms with Gasteiger partial charge in [0.05, 0.1) is 6.61 Å². The van der Waals surface area contributed by atoms with Crippen LogP contribution in [-0.4, -0.2) is 17.7 Å². The number of aliphatic carboxylic acids is 1. The molecule has 0 radical (unpaired) electrons. The zero-order valence-corrected chi connectivity index (χ0v) is 13.0. The number of nitriles is 1. The molecular formula is C18H14ClNO3. The van der Waals surface area contributed by atoms with Crippen LogP contribution in [0.25, 0.3) is 6.08 Å². The van der Waals surface area contributed by atoms with Crippen molar-refractivity contribution in [3.05, 3.63) is 70.3 Å². The lowest BCUT2D eigenvalue weighted by Crippen LogP contribution is -2.03. The van der Waals surface area contributed by atoms with Crippen molar-refractivity contribution >= 4 is 23.6 Å². The van der Waals surface area contributed by atoms with Crippen molar-refractivity contribution in [2.45, 2.75) is 6.42 Å². The third kappa shape index (κ3) is 4.87. The largest absolute Gasteiger partial charge is 0.493 e. The van der Waals surface area contributed by atoms with Crippen molar-refractivity contribution in [2.24, 2.45) is 0 Å². The van der Waals surface area contributed by atoms with Crippen LogP contribution in [0.15, 0.2) is 54.1 Å². The minimum absolute atomic E-state index is 0.375. The zero-order chi connectivity index (χ0) is 16.7. The number of nitrogens with zero attached hydrogens (tertiary/aromatic N) is 1. The highest BCUT2D eigenvalue weighted by Crippen LogP contribution is 2.25. The Morgan fingerprint density at radius 1 is 1.26 bits per heavy atom. The molecule has 0 aliphatic heterocycles. The normalized spacial score (nSPS) is 10.9. The van der Waals surface area contributed by atoms with Gasteiger partial charge in [-0.25, -0.2) is 4.79 Å². The molecule has 0 spiro atoms. The molecule has 2 aromatic rings. The number of hydrogen-bond acceptors (Lipinski definition) is 3. The van der Waals surface area contributed by atoms with Gasteiger partial charge < -0.3 is 9.84 Å². The van der Waals surface area contributed by atoms with Gasteiger partial charge in [-0.3, -0.25) is 0 Å². The first-order valence-electron chi connectivity index (χ1n) is 6.91. The van der Waals surface area contributed by atoms with Crippen LogP contribution in [0.1, 0.15) is 11.1 Å². The van der Waals surface area contributed by atoms with Gasteiger partial charge in [0.1, 0.15) is 17.4 Å². The van der Waals surface area contributed by atoms with Gasteiger partial charge in [-0.05, 0) is 29.8 Å². The van der Waals surface area contributed by atoms with E-state index in [2.05, 4.69) is 0 Å². The van der Waals surface area contributed by atoms with E-state index in [0.717, 1.165) is 12.0 Å². The Labute approximate surface area is 139 Å². The van der Waals surface area contributed by atoms with Crippen molar-refractivity contribution in [3.8, 4) is 11.8 Å². The van der Waals surface area contributed by atoms with E-state index in [0.29, 0.717) is 22.9 Å². The predicted molar refractivity (Wildman–Crippen MR) is 88.3 cm³/mol. The fraction of sp³-hybridized carbons (Fsp3) is 0.111. The molecule has 0 aliphatic rings. The van der Waals surface area contributed by atoms with Crippen molar-refractivity contribution in [2.75, 3.05) is 6.61 Å². The molecule has 0 fully saturated rings. The van der Waals surface area contributed by atoms with Gasteiger partial charge in [0.15, 0.2) is 0 Å². The van der Waals surface area contributed by atoms with E-state index in [1.54, 1.807) is 24.3 Å². The molecule has 2 rings (SSSR count). The maximum Gasteiger partial charge on any atom is 0.346 e. The molecule has 0 heterocycles. The average Bonchev–Trinajstić information content (AvgIpc) is 2.55. The number of halogens is 1. The summed E-state index contributed by atoms with van der Waals surface area (Å²) in [4.78, 5) is 11.0. The monoisotopic (exact) mass is 327 g/mol. The summed E-state index contributed by atoms with van der Waals surface area (Å²) in [6, 6.07) is 16.4. The molecular weight excluding hydrogens is 314 g/mol. The first-order valence-corrected chi connectivity index (χ1v) is 7.29. The molecule has 1 N–H and O–H groups in total. The number of carboxylic acid groups (broad SMARTS) is 1. The molecule has 0 aliphatic carbocycles. The van der Waals surface area contributed by atoms with Crippen LogP contribution in [0, 0.1) is 11.3 Å². The lowest BCUT2D eigenvalue weighted by atomic mass is 10.1. The van der Waals surface area contributed by atoms with Gasteiger partial charge >= 0.3 is 5.97 Å². The van der Waals surface area contributed by atoms with E-state index in [4.69, 9.17) is 26.7 Å². The lowest BCUT2D eigenvalue weighted by Gasteiger charge is -2.10. The Hall–Kier alpha value is -2.77. The van der Waals surface area contributed by atoms with Crippen molar-refractivity contribution in [1.82, 2.24) is 0 Å². The first-order chi connectivity index (χ1) is 11.1. The fourth-order valence-electron chi connectivity index (χ4n) is 1.98. The summed E-state index contributed by atoms with van der Waals surface area (Å²) in [6.07, 6.45) is 1.97. The highest BCUT2D eigenvalue weighted by Gasteiger charge is 2.09. The van der Waals surface area contributed by atoms with Gasteiger partial charge in [-0.1, -0.05) is 41.9 Å². The highest BCUT2D eigenvalue weighted by molar-refractivity contribution is 6.30. The van der Waals surface area contributed by atoms with Crippen LogP contribution >= 0.6 is 11.6 Å². The van der Waals surface area contributed by atoms with Crippen molar-refractivity contribution < 1.29 is 14.6 Å². The summed E-state index contributed by atoms with van der Waals surface area (Å²) < 4.78 is 5.72. The smallest absolute Gasteiger partial charge is 0.346 e. The van der Waals surface area contributed by atoms with E-state index in [1.807, 2.05) is 30.3 Å². The minimum atomic E-state index is -1.29. The Morgan fingerprint density at radius 3 is 2.65 bits per heavy atom. The van der Waals surface area contributed by atoms with Crippen molar-refractivity contribution in [3.63, 3.8) is 0 Å². The molecule has 0 aromatic heterocycles. The second kappa shape index (κ2) is 8.02. The van der Waals surface area contributed by atoms with Gasteiger partial charge in [-0.15, -0.1) is 0 Å². The number of benzene rings is 2. The van der Waals surface area contributed by atoms with Crippen LogP contribution in [0.5, 0.6) is 5.75 Å². The quantitative estimate of drug-likeness (QED) is 0.644. The van der Waals surface area contributed by atoms with E-state index in [9.17, 15) is 4.79 Å². The molecule has 0 unspecified atom stereocenters. The van der Waals surface area contributed by atoms with Crippen LogP contribution in [0.4, 0.5) is 0 Å². The number of ether oxygens (including phenoxy) is 1. The Kier molecular flexibility index (Phi) is 5.79. The van der Waals surface area contributed by atoms with Crippen LogP contribution in [-0.2, 0) is 11.2 Å². The third-order valence-electron chi connectivity index (χ3n) is 3.11. The molecule has 23 heavy (non-hydrogen) atoms.